The number of carbonyl (C=O) groups is 2. The van der Waals surface area contributed by atoms with Crippen LogP contribution in [0.2, 0.25) is 0 Å². The highest BCUT2D eigenvalue weighted by atomic mass is 32.1. The average molecular weight is 359 g/mol. The monoisotopic (exact) mass is 359 g/mol. The zero-order valence-corrected chi connectivity index (χ0v) is 13.4. The molecule has 130 valence electrons. The summed E-state index contributed by atoms with van der Waals surface area (Å²) in [6.45, 7) is 0.151. The topological polar surface area (TPSA) is 57.6 Å². The van der Waals surface area contributed by atoms with Crippen molar-refractivity contribution in [2.24, 2.45) is 5.92 Å². The van der Waals surface area contributed by atoms with E-state index in [1.54, 1.807) is 18.2 Å². The van der Waals surface area contributed by atoms with E-state index >= 15 is 0 Å². The maximum Gasteiger partial charge on any atom is 0.397 e. The van der Waals surface area contributed by atoms with Crippen LogP contribution in [-0.2, 0) is 9.59 Å². The molecule has 2 rings (SSSR count). The van der Waals surface area contributed by atoms with Gasteiger partial charge in [-0.1, -0.05) is 42.5 Å². The summed E-state index contributed by atoms with van der Waals surface area (Å²) in [5.74, 6) is -4.15. The predicted molar refractivity (Wildman–Crippen MR) is 84.7 cm³/mol. The largest absolute Gasteiger partial charge is 0.480 e. The van der Waals surface area contributed by atoms with Gasteiger partial charge in [0, 0.05) is 17.8 Å². The Hall–Kier alpha value is -1.96. The molecule has 1 fully saturated rings. The fraction of sp³-hybridized carbons (Fsp3) is 0.438. The second-order valence-electron chi connectivity index (χ2n) is 5.61. The lowest BCUT2D eigenvalue weighted by atomic mass is 9.94. The van der Waals surface area contributed by atoms with E-state index in [9.17, 15) is 22.8 Å². The van der Waals surface area contributed by atoms with E-state index in [0.29, 0.717) is 6.42 Å². The molecule has 0 saturated carbocycles. The van der Waals surface area contributed by atoms with Crippen LogP contribution in [0.15, 0.2) is 30.3 Å². The normalized spacial score (nSPS) is 19.1. The number of rotatable bonds is 5. The number of carboxylic acids is 1. The van der Waals surface area contributed by atoms with Crippen LogP contribution in [0, 0.1) is 5.92 Å². The number of halogens is 3. The second kappa shape index (κ2) is 7.29. The van der Waals surface area contributed by atoms with E-state index in [-0.39, 0.29) is 23.4 Å². The molecule has 1 aromatic rings. The van der Waals surface area contributed by atoms with E-state index in [4.69, 9.17) is 17.3 Å². The molecule has 1 saturated heterocycles. The first kappa shape index (κ1) is 18.4. The predicted octanol–water partition coefficient (Wildman–Crippen LogP) is 3.05. The van der Waals surface area contributed by atoms with Gasteiger partial charge in [0.2, 0.25) is 5.91 Å². The van der Waals surface area contributed by atoms with Crippen LogP contribution < -0.4 is 0 Å². The van der Waals surface area contributed by atoms with Gasteiger partial charge in [-0.25, -0.2) is 4.79 Å². The molecular formula is C16H16F3NO3S. The van der Waals surface area contributed by atoms with Gasteiger partial charge in [-0.15, -0.1) is 0 Å². The molecule has 1 aliphatic heterocycles. The van der Waals surface area contributed by atoms with Gasteiger partial charge >= 0.3 is 12.1 Å². The van der Waals surface area contributed by atoms with Crippen LogP contribution >= 0.6 is 12.2 Å². The minimum absolute atomic E-state index is 0.151. The molecule has 1 amide bonds. The Morgan fingerprint density at radius 3 is 2.46 bits per heavy atom. The maximum atomic E-state index is 13.4. The molecule has 0 bridgehead atoms. The van der Waals surface area contributed by atoms with Gasteiger partial charge in [-0.3, -0.25) is 4.79 Å². The van der Waals surface area contributed by atoms with Crippen molar-refractivity contribution in [3.63, 3.8) is 0 Å². The molecule has 24 heavy (non-hydrogen) atoms. The SMILES string of the molecule is O=C(O)[C@@H]1CCCN1C(=O)CC(C(=S)c1ccccc1)C(F)(F)F. The van der Waals surface area contributed by atoms with Crippen molar-refractivity contribution in [1.29, 1.82) is 0 Å². The van der Waals surface area contributed by atoms with Gasteiger partial charge in [-0.05, 0) is 18.4 Å². The number of likely N-dealkylation sites (tertiary alicyclic amines) is 1. The number of hydrogen-bond acceptors (Lipinski definition) is 3. The third kappa shape index (κ3) is 4.11. The molecule has 1 aromatic carbocycles. The minimum Gasteiger partial charge on any atom is -0.480 e. The van der Waals surface area contributed by atoms with Crippen molar-refractivity contribution >= 4 is 29.0 Å². The van der Waals surface area contributed by atoms with Crippen LogP contribution in [-0.4, -0.2) is 45.5 Å². The first-order valence-corrected chi connectivity index (χ1v) is 7.81. The standard InChI is InChI=1S/C16H16F3NO3S/c17-16(18,19)11(14(24)10-5-2-1-3-6-10)9-13(21)20-8-4-7-12(20)15(22)23/h1-3,5-6,11-12H,4,7-9H2,(H,22,23)/t11?,12-/m0/s1. The van der Waals surface area contributed by atoms with Gasteiger partial charge in [0.1, 0.15) is 6.04 Å². The molecule has 1 N–H and O–H groups in total. The summed E-state index contributed by atoms with van der Waals surface area (Å²) in [4.78, 5) is 24.0. The lowest BCUT2D eigenvalue weighted by Gasteiger charge is -2.26. The second-order valence-corrected chi connectivity index (χ2v) is 6.05. The molecule has 1 aliphatic rings. The number of thiocarbonyl (C=S) groups is 1. The highest BCUT2D eigenvalue weighted by molar-refractivity contribution is 7.80. The van der Waals surface area contributed by atoms with Crippen LogP contribution in [0.1, 0.15) is 24.8 Å². The molecule has 2 atom stereocenters. The van der Waals surface area contributed by atoms with E-state index < -0.39 is 36.4 Å². The number of hydrogen-bond donors (Lipinski definition) is 1. The number of benzene rings is 1. The van der Waals surface area contributed by atoms with Gasteiger partial charge in [0.25, 0.3) is 0 Å². The summed E-state index contributed by atoms with van der Waals surface area (Å²) >= 11 is 4.96. The number of alkyl halides is 3. The van der Waals surface area contributed by atoms with Crippen molar-refractivity contribution in [3.8, 4) is 0 Å². The third-order valence-electron chi connectivity index (χ3n) is 4.01. The summed E-state index contributed by atoms with van der Waals surface area (Å²) in [5.41, 5.74) is 0.235. The van der Waals surface area contributed by atoms with E-state index in [2.05, 4.69) is 0 Å². The Labute approximate surface area is 142 Å². The van der Waals surface area contributed by atoms with Gasteiger partial charge in [0.05, 0.1) is 5.92 Å². The average Bonchev–Trinajstić information content (AvgIpc) is 3.01. The molecule has 1 heterocycles. The Balaban J connectivity index is 2.19. The van der Waals surface area contributed by atoms with Crippen LogP contribution in [0.25, 0.3) is 0 Å². The van der Waals surface area contributed by atoms with Crippen LogP contribution in [0.4, 0.5) is 13.2 Å². The summed E-state index contributed by atoms with van der Waals surface area (Å²) < 4.78 is 40.2. The quantitative estimate of drug-likeness (QED) is 0.649. The Bertz CT molecular complexity index is 633. The van der Waals surface area contributed by atoms with E-state index in [0.717, 1.165) is 4.90 Å². The molecule has 0 spiro atoms. The number of aliphatic carboxylic acids is 1. The fourth-order valence-corrected chi connectivity index (χ4v) is 3.13. The summed E-state index contributed by atoms with van der Waals surface area (Å²) in [7, 11) is 0. The first-order chi connectivity index (χ1) is 11.2. The summed E-state index contributed by atoms with van der Waals surface area (Å²) in [6.07, 6.45) is -4.84. The molecule has 0 radical (unpaired) electrons. The van der Waals surface area contributed by atoms with Gasteiger partial charge in [-0.2, -0.15) is 13.2 Å². The van der Waals surface area contributed by atoms with Crippen molar-refractivity contribution in [2.75, 3.05) is 6.54 Å². The van der Waals surface area contributed by atoms with Crippen molar-refractivity contribution in [1.82, 2.24) is 4.90 Å². The number of carboxylic acid groups (broad SMARTS) is 1. The zero-order chi connectivity index (χ0) is 17.9. The lowest BCUT2D eigenvalue weighted by Crippen LogP contribution is -2.43. The van der Waals surface area contributed by atoms with Crippen molar-refractivity contribution in [2.45, 2.75) is 31.5 Å². The summed E-state index contributed by atoms with van der Waals surface area (Å²) in [5, 5.41) is 9.07. The Kier molecular flexibility index (Phi) is 5.58. The molecule has 0 aromatic heterocycles. The zero-order valence-electron chi connectivity index (χ0n) is 12.6. The van der Waals surface area contributed by atoms with Crippen LogP contribution in [0.3, 0.4) is 0 Å². The Morgan fingerprint density at radius 1 is 1.29 bits per heavy atom. The van der Waals surface area contributed by atoms with Gasteiger partial charge in [0.15, 0.2) is 0 Å². The number of carbonyl (C=O) groups excluding carboxylic acids is 1. The Morgan fingerprint density at radius 2 is 1.92 bits per heavy atom. The highest BCUT2D eigenvalue weighted by Gasteiger charge is 2.45. The van der Waals surface area contributed by atoms with Gasteiger partial charge < -0.3 is 10.0 Å². The fourth-order valence-electron chi connectivity index (χ4n) is 2.77. The molecular weight excluding hydrogens is 343 g/mol. The minimum atomic E-state index is -4.68. The third-order valence-corrected chi connectivity index (χ3v) is 4.53. The molecule has 0 aliphatic carbocycles. The van der Waals surface area contributed by atoms with Crippen molar-refractivity contribution in [3.05, 3.63) is 35.9 Å². The van der Waals surface area contributed by atoms with E-state index in [1.165, 1.54) is 12.1 Å². The highest BCUT2D eigenvalue weighted by Crippen LogP contribution is 2.34. The van der Waals surface area contributed by atoms with Crippen molar-refractivity contribution < 1.29 is 27.9 Å². The maximum absolute atomic E-state index is 13.4. The first-order valence-electron chi connectivity index (χ1n) is 7.40. The van der Waals surface area contributed by atoms with E-state index in [1.807, 2.05) is 0 Å². The molecule has 8 heteroatoms. The molecule has 4 nitrogen and oxygen atoms in total. The number of nitrogens with zero attached hydrogens (tertiary/aromatic N) is 1. The van der Waals surface area contributed by atoms with Crippen LogP contribution in [0.5, 0.6) is 0 Å². The number of amides is 1. The lowest BCUT2D eigenvalue weighted by molar-refractivity contribution is -0.165. The summed E-state index contributed by atoms with van der Waals surface area (Å²) in [6, 6.07) is 6.65. The smallest absolute Gasteiger partial charge is 0.397 e. The molecule has 1 unspecified atom stereocenters.